The molecule has 1 aliphatic rings. The maximum Gasteiger partial charge on any atom is 0.0979 e. The fraction of sp³-hybridized carbons (Fsp3) is 0.167. The van der Waals surface area contributed by atoms with Crippen LogP contribution in [0.4, 0.5) is 11.4 Å². The van der Waals surface area contributed by atoms with Crippen LogP contribution in [0.15, 0.2) is 129 Å². The van der Waals surface area contributed by atoms with Crippen LogP contribution >= 0.6 is 11.8 Å². The van der Waals surface area contributed by atoms with Crippen LogP contribution in [0.2, 0.25) is 0 Å². The molecule has 0 heterocycles. The molecule has 0 bridgehead atoms. The molecule has 0 radical (unpaired) electrons. The quantitative estimate of drug-likeness (QED) is 0.217. The summed E-state index contributed by atoms with van der Waals surface area (Å²) in [6.07, 6.45) is 0. The van der Waals surface area contributed by atoms with Crippen LogP contribution in [-0.2, 0) is 0 Å². The van der Waals surface area contributed by atoms with Gasteiger partial charge in [-0.15, -0.1) is 0 Å². The summed E-state index contributed by atoms with van der Waals surface area (Å²) in [7, 11) is 0. The zero-order valence-corrected chi connectivity index (χ0v) is 23.7. The summed E-state index contributed by atoms with van der Waals surface area (Å²) in [4.78, 5) is 13.2. The average Bonchev–Trinajstić information content (AvgIpc) is 3.24. The van der Waals surface area contributed by atoms with Gasteiger partial charge in [-0.05, 0) is 52.6 Å². The molecule has 0 N–H and O–H groups in total. The standard InChI is InChI=1S/C36H32N2S/c1-23(2)27-17-12-18-28(24(3)4)34(27)38-36-30-20-11-14-25-13-10-19-29(33(25)30)35(36)37-31-21-8-9-22-32(31)39-26-15-6-5-7-16-26/h5-24H,1-4H3/b37-35+,38-36+. The number of aliphatic imine (C=N–C) groups is 2. The number of para-hydroxylation sites is 2. The average molecular weight is 525 g/mol. The van der Waals surface area contributed by atoms with Crippen molar-refractivity contribution in [3.8, 4) is 0 Å². The highest BCUT2D eigenvalue weighted by molar-refractivity contribution is 7.99. The second kappa shape index (κ2) is 10.7. The van der Waals surface area contributed by atoms with Gasteiger partial charge in [0.15, 0.2) is 0 Å². The second-order valence-electron chi connectivity index (χ2n) is 10.6. The molecule has 0 amide bonds. The first-order valence-electron chi connectivity index (χ1n) is 13.7. The number of hydrogen-bond donors (Lipinski definition) is 0. The van der Waals surface area contributed by atoms with Crippen molar-refractivity contribution < 1.29 is 0 Å². The third kappa shape index (κ3) is 4.84. The van der Waals surface area contributed by atoms with E-state index in [1.807, 2.05) is 0 Å². The summed E-state index contributed by atoms with van der Waals surface area (Å²) >= 11 is 1.74. The smallest absolute Gasteiger partial charge is 0.0979 e. The number of nitrogens with zero attached hydrogens (tertiary/aromatic N) is 2. The minimum absolute atomic E-state index is 0.367. The molecule has 0 aliphatic heterocycles. The highest BCUT2D eigenvalue weighted by atomic mass is 32.2. The molecule has 5 aromatic rings. The van der Waals surface area contributed by atoms with Crippen LogP contribution in [0.5, 0.6) is 0 Å². The van der Waals surface area contributed by atoms with Gasteiger partial charge in [-0.25, -0.2) is 9.98 Å². The molecule has 0 saturated carbocycles. The Morgan fingerprint density at radius 3 is 1.74 bits per heavy atom. The maximum atomic E-state index is 5.51. The first kappa shape index (κ1) is 25.3. The van der Waals surface area contributed by atoms with Crippen LogP contribution in [0.3, 0.4) is 0 Å². The van der Waals surface area contributed by atoms with E-state index < -0.39 is 0 Å². The van der Waals surface area contributed by atoms with Crippen molar-refractivity contribution >= 4 is 45.3 Å². The van der Waals surface area contributed by atoms with Gasteiger partial charge >= 0.3 is 0 Å². The molecule has 2 nitrogen and oxygen atoms in total. The third-order valence-electron chi connectivity index (χ3n) is 7.27. The molecule has 0 spiro atoms. The molecule has 0 saturated heterocycles. The highest BCUT2D eigenvalue weighted by Gasteiger charge is 2.28. The van der Waals surface area contributed by atoms with Gasteiger partial charge in [0, 0.05) is 26.3 Å². The van der Waals surface area contributed by atoms with E-state index in [0.29, 0.717) is 11.8 Å². The predicted octanol–water partition coefficient (Wildman–Crippen LogP) is 10.5. The lowest BCUT2D eigenvalue weighted by atomic mass is 9.92. The number of benzene rings is 5. The van der Waals surface area contributed by atoms with Crippen molar-refractivity contribution in [3.05, 3.63) is 131 Å². The van der Waals surface area contributed by atoms with E-state index >= 15 is 0 Å². The number of hydrogen-bond acceptors (Lipinski definition) is 3. The van der Waals surface area contributed by atoms with E-state index in [1.165, 1.54) is 26.8 Å². The number of rotatable bonds is 6. The van der Waals surface area contributed by atoms with Crippen LogP contribution in [0.25, 0.3) is 10.8 Å². The molecule has 192 valence electrons. The van der Waals surface area contributed by atoms with Gasteiger partial charge in [0.05, 0.1) is 22.8 Å². The Bertz CT molecular complexity index is 1700. The third-order valence-corrected chi connectivity index (χ3v) is 8.35. The first-order valence-corrected chi connectivity index (χ1v) is 14.5. The van der Waals surface area contributed by atoms with Crippen molar-refractivity contribution in [2.75, 3.05) is 0 Å². The summed E-state index contributed by atoms with van der Waals surface area (Å²) in [5.41, 5.74) is 8.79. The van der Waals surface area contributed by atoms with Crippen molar-refractivity contribution in [2.24, 2.45) is 9.98 Å². The Morgan fingerprint density at radius 1 is 0.538 bits per heavy atom. The zero-order valence-electron chi connectivity index (χ0n) is 22.8. The van der Waals surface area contributed by atoms with E-state index in [1.54, 1.807) is 11.8 Å². The lowest BCUT2D eigenvalue weighted by Gasteiger charge is -2.17. The topological polar surface area (TPSA) is 24.7 Å². The second-order valence-corrected chi connectivity index (χ2v) is 11.7. The Kier molecular flexibility index (Phi) is 6.93. The molecular weight excluding hydrogens is 492 g/mol. The molecular formula is C36H32N2S. The van der Waals surface area contributed by atoms with Crippen LogP contribution in [0.1, 0.15) is 61.8 Å². The van der Waals surface area contributed by atoms with Crippen molar-refractivity contribution in [1.29, 1.82) is 0 Å². The van der Waals surface area contributed by atoms with Crippen LogP contribution < -0.4 is 0 Å². The minimum Gasteiger partial charge on any atom is -0.245 e. The predicted molar refractivity (Wildman–Crippen MR) is 168 cm³/mol. The summed E-state index contributed by atoms with van der Waals surface area (Å²) in [5, 5.41) is 2.45. The Labute approximate surface area is 235 Å². The van der Waals surface area contributed by atoms with E-state index in [9.17, 15) is 0 Å². The largest absolute Gasteiger partial charge is 0.245 e. The minimum atomic E-state index is 0.367. The fourth-order valence-corrected chi connectivity index (χ4v) is 6.25. The maximum absolute atomic E-state index is 5.51. The van der Waals surface area contributed by atoms with Crippen LogP contribution in [0, 0.1) is 0 Å². The molecule has 0 unspecified atom stereocenters. The van der Waals surface area contributed by atoms with E-state index in [0.717, 1.165) is 38.8 Å². The van der Waals surface area contributed by atoms with Gasteiger partial charge in [-0.2, -0.15) is 0 Å². The normalized spacial score (nSPS) is 14.8. The molecule has 1 aliphatic carbocycles. The summed E-state index contributed by atoms with van der Waals surface area (Å²) in [6.45, 7) is 9.00. The van der Waals surface area contributed by atoms with Crippen molar-refractivity contribution in [3.63, 3.8) is 0 Å². The Balaban J connectivity index is 1.60. The van der Waals surface area contributed by atoms with Gasteiger partial charge < -0.3 is 0 Å². The molecule has 0 atom stereocenters. The van der Waals surface area contributed by atoms with E-state index in [-0.39, 0.29) is 0 Å². The molecule has 0 fully saturated rings. The van der Waals surface area contributed by atoms with Crippen molar-refractivity contribution in [1.82, 2.24) is 0 Å². The molecule has 5 aromatic carbocycles. The van der Waals surface area contributed by atoms with Crippen molar-refractivity contribution in [2.45, 2.75) is 49.3 Å². The lowest BCUT2D eigenvalue weighted by molar-refractivity contribution is 0.835. The van der Waals surface area contributed by atoms with Gasteiger partial charge in [-0.3, -0.25) is 0 Å². The lowest BCUT2D eigenvalue weighted by Crippen LogP contribution is -2.11. The summed E-state index contributed by atoms with van der Waals surface area (Å²) in [6, 6.07) is 38.6. The SMILES string of the molecule is CC(C)c1cccc(C(C)C)c1/N=C1/C(=N/c2ccccc2Sc2ccccc2)c2cccc3cccc1c23. The summed E-state index contributed by atoms with van der Waals surface area (Å²) in [5.74, 6) is 0.733. The Hall–Kier alpha value is -3.95. The molecule has 6 rings (SSSR count). The zero-order chi connectivity index (χ0) is 26.9. The van der Waals surface area contributed by atoms with Gasteiger partial charge in [0.1, 0.15) is 0 Å². The Morgan fingerprint density at radius 2 is 1.10 bits per heavy atom. The van der Waals surface area contributed by atoms with E-state index in [4.69, 9.17) is 9.98 Å². The van der Waals surface area contributed by atoms with Gasteiger partial charge in [-0.1, -0.05) is 124 Å². The van der Waals surface area contributed by atoms with Crippen LogP contribution in [-0.4, -0.2) is 11.4 Å². The first-order chi connectivity index (χ1) is 19.0. The fourth-order valence-electron chi connectivity index (χ4n) is 5.34. The van der Waals surface area contributed by atoms with Gasteiger partial charge in [0.25, 0.3) is 0 Å². The van der Waals surface area contributed by atoms with E-state index in [2.05, 4.69) is 137 Å². The monoisotopic (exact) mass is 524 g/mol. The molecule has 0 aromatic heterocycles. The summed E-state index contributed by atoms with van der Waals surface area (Å²) < 4.78 is 0. The highest BCUT2D eigenvalue weighted by Crippen LogP contribution is 2.40. The molecule has 39 heavy (non-hydrogen) atoms. The van der Waals surface area contributed by atoms with Gasteiger partial charge in [0.2, 0.25) is 0 Å². The molecule has 3 heteroatoms.